The van der Waals surface area contributed by atoms with E-state index in [0.717, 1.165) is 11.0 Å². The molecule has 26 heavy (non-hydrogen) atoms. The molecule has 2 N–H and O–H groups in total. The van der Waals surface area contributed by atoms with Crippen LogP contribution in [0.15, 0.2) is 24.3 Å². The first-order valence-corrected chi connectivity index (χ1v) is 9.19. The van der Waals surface area contributed by atoms with Crippen LogP contribution in [0.25, 0.3) is 0 Å². The number of amides is 1. The van der Waals surface area contributed by atoms with Gasteiger partial charge in [0.25, 0.3) is 0 Å². The molecule has 5 nitrogen and oxygen atoms in total. The average molecular weight is 361 g/mol. The van der Waals surface area contributed by atoms with Crippen LogP contribution < -0.4 is 10.8 Å². The normalized spacial score (nSPS) is 21.3. The van der Waals surface area contributed by atoms with Crippen molar-refractivity contribution < 1.29 is 19.2 Å². The van der Waals surface area contributed by atoms with Gasteiger partial charge in [0.1, 0.15) is 0 Å². The largest absolute Gasteiger partial charge is 0.494 e. The lowest BCUT2D eigenvalue weighted by Crippen LogP contribution is -2.46. The second-order valence-corrected chi connectivity index (χ2v) is 9.34. The Bertz CT molecular complexity index is 633. The van der Waals surface area contributed by atoms with E-state index in [1.807, 2.05) is 72.7 Å². The Balaban J connectivity index is 2.20. The van der Waals surface area contributed by atoms with Gasteiger partial charge < -0.3 is 19.7 Å². The van der Waals surface area contributed by atoms with Crippen molar-refractivity contribution in [3.63, 3.8) is 0 Å². The number of rotatable bonds is 4. The fraction of sp³-hybridized carbons (Fsp3) is 0.650. The molecule has 2 atom stereocenters. The Kier molecular flexibility index (Phi) is 5.51. The van der Waals surface area contributed by atoms with Gasteiger partial charge in [-0.3, -0.25) is 0 Å². The molecular formula is C20H32BNO4. The minimum absolute atomic E-state index is 0.0402. The topological polar surface area (TPSA) is 67.8 Å². The molecule has 6 heteroatoms. The Morgan fingerprint density at radius 1 is 1.08 bits per heavy atom. The molecule has 144 valence electrons. The SMILES string of the molecule is CC(c1ccc(B2OC(C)(C)C(C)(C)O2)cc1)C(NC(=O)O)C(C)(C)C. The smallest absolute Gasteiger partial charge is 0.465 e. The van der Waals surface area contributed by atoms with E-state index in [-0.39, 0.29) is 35.7 Å². The van der Waals surface area contributed by atoms with Gasteiger partial charge in [0, 0.05) is 12.0 Å². The van der Waals surface area contributed by atoms with Crippen molar-refractivity contribution in [1.82, 2.24) is 5.32 Å². The monoisotopic (exact) mass is 361 g/mol. The highest BCUT2D eigenvalue weighted by Crippen LogP contribution is 2.37. The maximum Gasteiger partial charge on any atom is 0.494 e. The maximum atomic E-state index is 11.2. The van der Waals surface area contributed by atoms with E-state index in [9.17, 15) is 9.90 Å². The molecule has 0 spiro atoms. The standard InChI is InChI=1S/C20H32BNO4/c1-13(16(18(2,3)4)22-17(23)24)14-9-11-15(12-10-14)21-25-19(5,6)20(7,8)26-21/h9-13,16,22H,1-8H3,(H,23,24). The van der Waals surface area contributed by atoms with Gasteiger partial charge in [-0.05, 0) is 44.1 Å². The fourth-order valence-electron chi connectivity index (χ4n) is 3.35. The number of benzene rings is 1. The zero-order valence-electron chi connectivity index (χ0n) is 17.2. The molecule has 1 fully saturated rings. The van der Waals surface area contributed by atoms with Gasteiger partial charge in [0.05, 0.1) is 11.2 Å². The van der Waals surface area contributed by atoms with E-state index < -0.39 is 6.09 Å². The average Bonchev–Trinajstić information content (AvgIpc) is 2.71. The summed E-state index contributed by atoms with van der Waals surface area (Å²) in [6.07, 6.45) is -0.995. The van der Waals surface area contributed by atoms with E-state index >= 15 is 0 Å². The number of carbonyl (C=O) groups is 1. The number of carboxylic acid groups (broad SMARTS) is 1. The maximum absolute atomic E-state index is 11.2. The van der Waals surface area contributed by atoms with Crippen molar-refractivity contribution in [2.24, 2.45) is 5.41 Å². The first-order chi connectivity index (χ1) is 11.7. The minimum atomic E-state index is -0.995. The quantitative estimate of drug-likeness (QED) is 0.801. The highest BCUT2D eigenvalue weighted by Gasteiger charge is 2.51. The highest BCUT2D eigenvalue weighted by atomic mass is 16.7. The minimum Gasteiger partial charge on any atom is -0.465 e. The number of hydrogen-bond donors (Lipinski definition) is 2. The summed E-state index contributed by atoms with van der Waals surface area (Å²) in [6, 6.07) is 7.89. The van der Waals surface area contributed by atoms with Crippen LogP contribution in [-0.2, 0) is 9.31 Å². The van der Waals surface area contributed by atoms with Crippen LogP contribution in [0.1, 0.15) is 66.9 Å². The summed E-state index contributed by atoms with van der Waals surface area (Å²) in [4.78, 5) is 11.2. The Hall–Kier alpha value is -1.53. The van der Waals surface area contributed by atoms with Crippen LogP contribution >= 0.6 is 0 Å². The fourth-order valence-corrected chi connectivity index (χ4v) is 3.35. The molecule has 2 unspecified atom stereocenters. The van der Waals surface area contributed by atoms with Gasteiger partial charge in [-0.1, -0.05) is 52.0 Å². The van der Waals surface area contributed by atoms with Crippen LogP contribution in [0.5, 0.6) is 0 Å². The summed E-state index contributed by atoms with van der Waals surface area (Å²) < 4.78 is 12.2. The van der Waals surface area contributed by atoms with E-state index in [4.69, 9.17) is 9.31 Å². The van der Waals surface area contributed by atoms with Crippen molar-refractivity contribution in [3.8, 4) is 0 Å². The molecule has 1 aromatic carbocycles. The predicted molar refractivity (Wildman–Crippen MR) is 105 cm³/mol. The molecule has 0 bridgehead atoms. The highest BCUT2D eigenvalue weighted by molar-refractivity contribution is 6.62. The Morgan fingerprint density at radius 2 is 1.54 bits per heavy atom. The molecule has 2 rings (SSSR count). The van der Waals surface area contributed by atoms with Crippen LogP contribution in [-0.4, -0.2) is 35.6 Å². The molecule has 1 aliphatic heterocycles. The molecule has 0 saturated carbocycles. The zero-order valence-corrected chi connectivity index (χ0v) is 17.2. The summed E-state index contributed by atoms with van der Waals surface area (Å²) >= 11 is 0. The predicted octanol–water partition coefficient (Wildman–Crippen LogP) is 3.77. The van der Waals surface area contributed by atoms with Crippen LogP contribution in [0.2, 0.25) is 0 Å². The third-order valence-electron chi connectivity index (χ3n) is 5.70. The van der Waals surface area contributed by atoms with E-state index in [1.165, 1.54) is 0 Å². The van der Waals surface area contributed by atoms with Crippen LogP contribution in [0.4, 0.5) is 4.79 Å². The summed E-state index contributed by atoms with van der Waals surface area (Å²) in [6.45, 7) is 16.3. The van der Waals surface area contributed by atoms with Crippen molar-refractivity contribution in [1.29, 1.82) is 0 Å². The van der Waals surface area contributed by atoms with E-state index in [1.54, 1.807) is 0 Å². The van der Waals surface area contributed by atoms with Gasteiger partial charge in [-0.25, -0.2) is 4.79 Å². The summed E-state index contributed by atoms with van der Waals surface area (Å²) in [7, 11) is -0.389. The summed E-state index contributed by atoms with van der Waals surface area (Å²) in [5, 5.41) is 11.9. The molecule has 0 radical (unpaired) electrons. The van der Waals surface area contributed by atoms with E-state index in [2.05, 4.69) is 12.2 Å². The number of hydrogen-bond acceptors (Lipinski definition) is 3. The first-order valence-electron chi connectivity index (χ1n) is 9.19. The van der Waals surface area contributed by atoms with Gasteiger partial charge >= 0.3 is 13.2 Å². The molecule has 1 amide bonds. The van der Waals surface area contributed by atoms with Gasteiger partial charge in [0.15, 0.2) is 0 Å². The number of nitrogens with one attached hydrogen (secondary N) is 1. The van der Waals surface area contributed by atoms with Crippen LogP contribution in [0.3, 0.4) is 0 Å². The lowest BCUT2D eigenvalue weighted by Gasteiger charge is -2.35. The molecule has 1 heterocycles. The van der Waals surface area contributed by atoms with Gasteiger partial charge in [0.2, 0.25) is 0 Å². The third kappa shape index (κ3) is 4.23. The van der Waals surface area contributed by atoms with Gasteiger partial charge in [-0.2, -0.15) is 0 Å². The molecule has 0 aliphatic carbocycles. The second kappa shape index (κ2) is 6.89. The van der Waals surface area contributed by atoms with Gasteiger partial charge in [-0.15, -0.1) is 0 Å². The Labute approximate surface area is 157 Å². The lowest BCUT2D eigenvalue weighted by molar-refractivity contribution is 0.00578. The first kappa shape index (κ1) is 20.8. The molecular weight excluding hydrogens is 329 g/mol. The second-order valence-electron chi connectivity index (χ2n) is 9.34. The summed E-state index contributed by atoms with van der Waals surface area (Å²) in [5.74, 6) is 0.0402. The van der Waals surface area contributed by atoms with Crippen molar-refractivity contribution in [3.05, 3.63) is 29.8 Å². The zero-order chi connectivity index (χ0) is 19.9. The van der Waals surface area contributed by atoms with Crippen molar-refractivity contribution in [2.75, 3.05) is 0 Å². The van der Waals surface area contributed by atoms with Crippen molar-refractivity contribution in [2.45, 2.75) is 78.6 Å². The lowest BCUT2D eigenvalue weighted by atomic mass is 9.75. The molecule has 1 aliphatic rings. The van der Waals surface area contributed by atoms with E-state index in [0.29, 0.717) is 0 Å². The Morgan fingerprint density at radius 3 is 1.92 bits per heavy atom. The third-order valence-corrected chi connectivity index (χ3v) is 5.70. The molecule has 1 saturated heterocycles. The molecule has 1 aromatic rings. The molecule has 0 aromatic heterocycles. The van der Waals surface area contributed by atoms with Crippen LogP contribution in [0, 0.1) is 5.41 Å². The summed E-state index contributed by atoms with van der Waals surface area (Å²) in [5.41, 5.74) is 1.12. The van der Waals surface area contributed by atoms with Crippen molar-refractivity contribution >= 4 is 18.7 Å².